The van der Waals surface area contributed by atoms with E-state index in [1.54, 1.807) is 11.6 Å². The maximum Gasteiger partial charge on any atom is 0.268 e. The predicted octanol–water partition coefficient (Wildman–Crippen LogP) is 2.47. The van der Waals surface area contributed by atoms with E-state index in [9.17, 15) is 18.5 Å². The van der Waals surface area contributed by atoms with Crippen LogP contribution in [0.2, 0.25) is 0 Å². The zero-order valence-corrected chi connectivity index (χ0v) is 19.1. The van der Waals surface area contributed by atoms with E-state index in [1.807, 2.05) is 24.3 Å². The molecule has 1 N–H and O–H groups in total. The molecular weight excluding hydrogens is 426 g/mol. The molecule has 0 spiro atoms. The van der Waals surface area contributed by atoms with Crippen LogP contribution in [0, 0.1) is 11.3 Å². The molecule has 0 aliphatic carbocycles. The Kier molecular flexibility index (Phi) is 6.53. The van der Waals surface area contributed by atoms with Crippen molar-refractivity contribution in [2.24, 2.45) is 7.05 Å². The third-order valence-corrected chi connectivity index (χ3v) is 8.22. The van der Waals surface area contributed by atoms with Gasteiger partial charge in [-0.1, -0.05) is 18.6 Å². The number of sulfonamides is 1. The Labute approximate surface area is 189 Å². The quantitative estimate of drug-likeness (QED) is 0.747. The van der Waals surface area contributed by atoms with Crippen molar-refractivity contribution < 1.29 is 13.2 Å². The van der Waals surface area contributed by atoms with E-state index in [-0.39, 0.29) is 16.8 Å². The molecule has 2 fully saturated rings. The van der Waals surface area contributed by atoms with E-state index in [4.69, 9.17) is 0 Å². The largest absolute Gasteiger partial charge is 0.370 e. The van der Waals surface area contributed by atoms with Crippen LogP contribution in [0.3, 0.4) is 0 Å². The average molecular weight is 456 g/mol. The van der Waals surface area contributed by atoms with Gasteiger partial charge in [-0.15, -0.1) is 0 Å². The lowest BCUT2D eigenvalue weighted by atomic mass is 10.0. The Balaban J connectivity index is 1.39. The lowest BCUT2D eigenvalue weighted by molar-refractivity contribution is 0.0923. The van der Waals surface area contributed by atoms with Gasteiger partial charge in [0.05, 0.1) is 11.3 Å². The lowest BCUT2D eigenvalue weighted by Gasteiger charge is -2.34. The van der Waals surface area contributed by atoms with Crippen molar-refractivity contribution in [3.63, 3.8) is 0 Å². The van der Waals surface area contributed by atoms with Gasteiger partial charge in [0.2, 0.25) is 10.0 Å². The van der Waals surface area contributed by atoms with Crippen molar-refractivity contribution >= 4 is 21.6 Å². The van der Waals surface area contributed by atoms with Gasteiger partial charge in [0.25, 0.3) is 5.91 Å². The summed E-state index contributed by atoms with van der Waals surface area (Å²) in [7, 11) is -1.88. The van der Waals surface area contributed by atoms with Gasteiger partial charge in [0.1, 0.15) is 16.7 Å². The summed E-state index contributed by atoms with van der Waals surface area (Å²) >= 11 is 0. The highest BCUT2D eigenvalue weighted by Crippen LogP contribution is 2.25. The number of para-hydroxylation sites is 1. The number of nitrogens with one attached hydrogen (secondary N) is 1. The SMILES string of the molecule is Cn1cc(S(=O)(=O)N2CCCCC2)cc1C(=O)NC1CCN(c2ccccc2C#N)CC1. The number of rotatable bonds is 5. The molecule has 32 heavy (non-hydrogen) atoms. The van der Waals surface area contributed by atoms with Gasteiger partial charge in [0.15, 0.2) is 0 Å². The molecule has 1 amide bonds. The summed E-state index contributed by atoms with van der Waals surface area (Å²) in [6, 6.07) is 11.3. The molecule has 1 aromatic heterocycles. The van der Waals surface area contributed by atoms with E-state index in [1.165, 1.54) is 16.6 Å². The van der Waals surface area contributed by atoms with Gasteiger partial charge in [0, 0.05) is 45.5 Å². The third-order valence-electron chi connectivity index (χ3n) is 6.36. The van der Waals surface area contributed by atoms with Gasteiger partial charge in [-0.3, -0.25) is 4.79 Å². The highest BCUT2D eigenvalue weighted by atomic mass is 32.2. The van der Waals surface area contributed by atoms with Gasteiger partial charge < -0.3 is 14.8 Å². The normalized spacial score (nSPS) is 18.3. The second kappa shape index (κ2) is 9.35. The zero-order valence-electron chi connectivity index (χ0n) is 18.3. The molecule has 3 heterocycles. The topological polar surface area (TPSA) is 98.4 Å². The minimum Gasteiger partial charge on any atom is -0.370 e. The molecule has 8 nitrogen and oxygen atoms in total. The van der Waals surface area contributed by atoms with Crippen molar-refractivity contribution in [2.75, 3.05) is 31.1 Å². The summed E-state index contributed by atoms with van der Waals surface area (Å²) in [5.74, 6) is -0.261. The second-order valence-corrected chi connectivity index (χ2v) is 10.4. The summed E-state index contributed by atoms with van der Waals surface area (Å²) in [5, 5.41) is 12.4. The first kappa shape index (κ1) is 22.4. The van der Waals surface area contributed by atoms with E-state index < -0.39 is 10.0 Å². The molecule has 2 aromatic rings. The number of aromatic nitrogens is 1. The lowest BCUT2D eigenvalue weighted by Crippen LogP contribution is -2.45. The van der Waals surface area contributed by atoms with Crippen LogP contribution in [0.25, 0.3) is 0 Å². The Bertz CT molecular complexity index is 1120. The van der Waals surface area contributed by atoms with E-state index in [2.05, 4.69) is 16.3 Å². The van der Waals surface area contributed by atoms with Crippen LogP contribution < -0.4 is 10.2 Å². The standard InChI is InChI=1S/C23H29N5O3S/c1-26-17-20(32(30,31)28-11-5-2-6-12-28)15-22(26)23(29)25-19-9-13-27(14-10-19)21-8-4-3-7-18(21)16-24/h3-4,7-8,15,17,19H,2,5-6,9-14H2,1H3,(H,25,29). The number of carbonyl (C=O) groups excluding carboxylic acids is 1. The molecule has 4 rings (SSSR count). The summed E-state index contributed by atoms with van der Waals surface area (Å²) < 4.78 is 29.0. The number of amides is 1. The molecule has 2 aliphatic heterocycles. The molecule has 2 aliphatic rings. The number of piperidine rings is 2. The fourth-order valence-electron chi connectivity index (χ4n) is 4.52. The second-order valence-electron chi connectivity index (χ2n) is 8.50. The molecule has 9 heteroatoms. The van der Waals surface area contributed by atoms with Crippen LogP contribution >= 0.6 is 0 Å². The smallest absolute Gasteiger partial charge is 0.268 e. The van der Waals surface area contributed by atoms with Crippen molar-refractivity contribution in [1.29, 1.82) is 5.26 Å². The first-order chi connectivity index (χ1) is 15.4. The van der Waals surface area contributed by atoms with Crippen molar-refractivity contribution in [1.82, 2.24) is 14.2 Å². The summed E-state index contributed by atoms with van der Waals surface area (Å²) in [4.78, 5) is 15.3. The van der Waals surface area contributed by atoms with Crippen LogP contribution in [-0.4, -0.2) is 55.4 Å². The van der Waals surface area contributed by atoms with Crippen LogP contribution in [0.1, 0.15) is 48.2 Å². The minimum absolute atomic E-state index is 0.00468. The van der Waals surface area contributed by atoms with Crippen LogP contribution in [0.5, 0.6) is 0 Å². The van der Waals surface area contributed by atoms with Crippen LogP contribution in [-0.2, 0) is 17.1 Å². The number of nitriles is 1. The van der Waals surface area contributed by atoms with Crippen molar-refractivity contribution in [3.05, 3.63) is 47.8 Å². The molecule has 0 bridgehead atoms. The number of hydrogen-bond acceptors (Lipinski definition) is 5. The summed E-state index contributed by atoms with van der Waals surface area (Å²) in [6.45, 7) is 2.55. The third kappa shape index (κ3) is 4.52. The zero-order chi connectivity index (χ0) is 22.7. The molecule has 2 saturated heterocycles. The molecule has 0 saturated carbocycles. The van der Waals surface area contributed by atoms with Crippen LogP contribution in [0.4, 0.5) is 5.69 Å². The summed E-state index contributed by atoms with van der Waals surface area (Å²) in [5.41, 5.74) is 1.92. The van der Waals surface area contributed by atoms with Gasteiger partial charge >= 0.3 is 0 Å². The van der Waals surface area contributed by atoms with E-state index in [0.29, 0.717) is 24.3 Å². The number of anilines is 1. The van der Waals surface area contributed by atoms with E-state index >= 15 is 0 Å². The molecule has 1 aromatic carbocycles. The maximum atomic E-state index is 12.9. The van der Waals surface area contributed by atoms with E-state index in [0.717, 1.165) is 50.9 Å². The number of aryl methyl sites for hydroxylation is 1. The number of carbonyl (C=O) groups is 1. The minimum atomic E-state index is -3.58. The molecule has 170 valence electrons. The van der Waals surface area contributed by atoms with Gasteiger partial charge in [-0.25, -0.2) is 8.42 Å². The fraction of sp³-hybridized carbons (Fsp3) is 0.478. The predicted molar refractivity (Wildman–Crippen MR) is 122 cm³/mol. The molecule has 0 atom stereocenters. The highest BCUT2D eigenvalue weighted by Gasteiger charge is 2.29. The monoisotopic (exact) mass is 455 g/mol. The molecule has 0 unspecified atom stereocenters. The number of hydrogen-bond donors (Lipinski definition) is 1. The first-order valence-electron chi connectivity index (χ1n) is 11.1. The Hall–Kier alpha value is -2.83. The average Bonchev–Trinajstić information content (AvgIpc) is 3.23. The fourth-order valence-corrected chi connectivity index (χ4v) is 6.11. The van der Waals surface area contributed by atoms with Crippen molar-refractivity contribution in [3.8, 4) is 6.07 Å². The first-order valence-corrected chi connectivity index (χ1v) is 12.6. The van der Waals surface area contributed by atoms with Crippen LogP contribution in [0.15, 0.2) is 41.4 Å². The Morgan fingerprint density at radius 2 is 1.78 bits per heavy atom. The number of benzene rings is 1. The Morgan fingerprint density at radius 3 is 2.47 bits per heavy atom. The Morgan fingerprint density at radius 1 is 1.09 bits per heavy atom. The number of nitrogens with zero attached hydrogens (tertiary/aromatic N) is 4. The van der Waals surface area contributed by atoms with Gasteiger partial charge in [-0.2, -0.15) is 9.57 Å². The highest BCUT2D eigenvalue weighted by molar-refractivity contribution is 7.89. The molecule has 0 radical (unpaired) electrons. The van der Waals surface area contributed by atoms with Crippen molar-refractivity contribution in [2.45, 2.75) is 43.0 Å². The summed E-state index contributed by atoms with van der Waals surface area (Å²) in [6.07, 6.45) is 5.84. The molecular formula is C23H29N5O3S. The maximum absolute atomic E-state index is 12.9. The van der Waals surface area contributed by atoms with Gasteiger partial charge in [-0.05, 0) is 43.9 Å².